The molecule has 2 aliphatic carbocycles. The minimum Gasteiger partial charge on any atom is -0.396 e. The fourth-order valence-electron chi connectivity index (χ4n) is 3.51. The van der Waals surface area contributed by atoms with E-state index in [0.717, 1.165) is 12.8 Å². The lowest BCUT2D eigenvalue weighted by molar-refractivity contribution is -0.0840. The van der Waals surface area contributed by atoms with E-state index in [4.69, 9.17) is 5.73 Å². The van der Waals surface area contributed by atoms with E-state index in [9.17, 15) is 15.3 Å². The Hall–Kier alpha value is -1.97. The zero-order valence-electron chi connectivity index (χ0n) is 13.4. The lowest BCUT2D eigenvalue weighted by atomic mass is 9.92. The number of hydrogen-bond acceptors (Lipinski definition) is 8. The second-order valence-electron chi connectivity index (χ2n) is 7.03. The second-order valence-corrected chi connectivity index (χ2v) is 7.03. The summed E-state index contributed by atoms with van der Waals surface area (Å²) in [5.74, 6) is 0.306. The number of fused-ring (bicyclic) bond motifs is 1. The summed E-state index contributed by atoms with van der Waals surface area (Å²) < 4.78 is 1.72. The van der Waals surface area contributed by atoms with E-state index in [1.807, 2.05) is 0 Å². The number of nitrogens with two attached hydrogens (primary N) is 1. The van der Waals surface area contributed by atoms with E-state index >= 15 is 0 Å². The predicted octanol–water partition coefficient (Wildman–Crippen LogP) is -0.352. The minimum absolute atomic E-state index is 0.130. The molecule has 0 saturated heterocycles. The highest BCUT2D eigenvalue weighted by Gasteiger charge is 2.51. The van der Waals surface area contributed by atoms with Crippen molar-refractivity contribution in [2.75, 3.05) is 17.7 Å². The molecule has 2 fully saturated rings. The van der Waals surface area contributed by atoms with Gasteiger partial charge in [-0.05, 0) is 26.2 Å². The molecule has 2 heterocycles. The third-order valence-electron chi connectivity index (χ3n) is 5.25. The van der Waals surface area contributed by atoms with Gasteiger partial charge in [0.05, 0.1) is 18.0 Å². The van der Waals surface area contributed by atoms with Crippen LogP contribution in [0.25, 0.3) is 11.2 Å². The monoisotopic (exact) mass is 334 g/mol. The van der Waals surface area contributed by atoms with Gasteiger partial charge in [-0.25, -0.2) is 4.98 Å². The van der Waals surface area contributed by atoms with Crippen LogP contribution in [0.5, 0.6) is 0 Å². The van der Waals surface area contributed by atoms with Crippen molar-refractivity contribution in [3.63, 3.8) is 0 Å². The average Bonchev–Trinajstić information content (AvgIpc) is 3.20. The van der Waals surface area contributed by atoms with Crippen molar-refractivity contribution in [2.45, 2.75) is 50.0 Å². The van der Waals surface area contributed by atoms with Gasteiger partial charge >= 0.3 is 0 Å². The summed E-state index contributed by atoms with van der Waals surface area (Å²) in [6.07, 6.45) is 3.15. The van der Waals surface area contributed by atoms with E-state index < -0.39 is 23.7 Å². The van der Waals surface area contributed by atoms with Crippen LogP contribution in [0.2, 0.25) is 0 Å². The van der Waals surface area contributed by atoms with E-state index in [-0.39, 0.29) is 12.6 Å². The van der Waals surface area contributed by atoms with Gasteiger partial charge in [0.15, 0.2) is 17.0 Å². The van der Waals surface area contributed by atoms with Gasteiger partial charge in [-0.2, -0.15) is 9.97 Å². The van der Waals surface area contributed by atoms with Crippen molar-refractivity contribution in [3.05, 3.63) is 6.33 Å². The summed E-state index contributed by atoms with van der Waals surface area (Å²) in [5, 5.41) is 33.8. The Morgan fingerprint density at radius 2 is 2.17 bits per heavy atom. The Balaban J connectivity index is 1.76. The predicted molar refractivity (Wildman–Crippen MR) is 87.2 cm³/mol. The van der Waals surface area contributed by atoms with E-state index in [1.54, 1.807) is 17.8 Å². The van der Waals surface area contributed by atoms with Gasteiger partial charge in [0, 0.05) is 18.6 Å². The Kier molecular flexibility index (Phi) is 3.41. The molecule has 2 aliphatic rings. The molecule has 9 heteroatoms. The molecule has 2 saturated carbocycles. The summed E-state index contributed by atoms with van der Waals surface area (Å²) in [5.41, 5.74) is 5.57. The first kappa shape index (κ1) is 15.6. The number of rotatable bonds is 4. The fourth-order valence-corrected chi connectivity index (χ4v) is 3.51. The normalized spacial score (nSPS) is 33.2. The molecule has 9 nitrogen and oxygen atoms in total. The topological polar surface area (TPSA) is 142 Å². The van der Waals surface area contributed by atoms with Gasteiger partial charge < -0.3 is 30.9 Å². The molecule has 0 radical (unpaired) electrons. The first-order valence-corrected chi connectivity index (χ1v) is 8.19. The molecule has 2 aromatic heterocycles. The number of nitrogen functional groups attached to an aromatic ring is 1. The van der Waals surface area contributed by atoms with Crippen molar-refractivity contribution >= 4 is 22.9 Å². The number of aliphatic hydroxyl groups is 3. The zero-order chi connectivity index (χ0) is 17.1. The number of anilines is 2. The molecule has 0 spiro atoms. The maximum atomic E-state index is 10.5. The van der Waals surface area contributed by atoms with Crippen molar-refractivity contribution in [1.82, 2.24) is 19.5 Å². The van der Waals surface area contributed by atoms with E-state index in [0.29, 0.717) is 29.4 Å². The largest absolute Gasteiger partial charge is 0.396 e. The van der Waals surface area contributed by atoms with Gasteiger partial charge in [-0.3, -0.25) is 0 Å². The second kappa shape index (κ2) is 5.27. The van der Waals surface area contributed by atoms with Crippen LogP contribution in [-0.4, -0.2) is 59.2 Å². The van der Waals surface area contributed by atoms with E-state index in [2.05, 4.69) is 20.3 Å². The van der Waals surface area contributed by atoms with Crippen LogP contribution in [0.15, 0.2) is 6.33 Å². The third kappa shape index (κ3) is 2.31. The fraction of sp³-hybridized carbons (Fsp3) is 0.667. The molecule has 4 atom stereocenters. The molecule has 2 aromatic rings. The minimum atomic E-state index is -1.37. The summed E-state index contributed by atoms with van der Waals surface area (Å²) in [6.45, 7) is 1.35. The van der Waals surface area contributed by atoms with Gasteiger partial charge in [0.25, 0.3) is 0 Å². The highest BCUT2D eigenvalue weighted by Crippen LogP contribution is 2.43. The first-order valence-electron chi connectivity index (χ1n) is 8.19. The summed E-state index contributed by atoms with van der Waals surface area (Å²) in [7, 11) is 0. The molecular formula is C15H22N6O3. The lowest BCUT2D eigenvalue weighted by Gasteiger charge is -2.28. The Morgan fingerprint density at radius 1 is 1.42 bits per heavy atom. The highest BCUT2D eigenvalue weighted by molar-refractivity contribution is 5.84. The van der Waals surface area contributed by atoms with Crippen molar-refractivity contribution < 1.29 is 15.3 Å². The Bertz CT molecular complexity index is 772. The Morgan fingerprint density at radius 3 is 2.79 bits per heavy atom. The van der Waals surface area contributed by atoms with Gasteiger partial charge in [0.1, 0.15) is 6.10 Å². The van der Waals surface area contributed by atoms with Crippen molar-refractivity contribution in [3.8, 4) is 0 Å². The molecule has 130 valence electrons. The van der Waals surface area contributed by atoms with Crippen molar-refractivity contribution in [1.29, 1.82) is 0 Å². The van der Waals surface area contributed by atoms with Crippen LogP contribution >= 0.6 is 0 Å². The number of imidazole rings is 1. The SMILES string of the molecule is C[C@@]1(O)[C@@H](CO)C[C@@H](n2cnc3c(NC4CC4)nc(N)nc32)[C@@H]1O. The molecule has 0 amide bonds. The van der Waals surface area contributed by atoms with Crippen LogP contribution in [0.3, 0.4) is 0 Å². The van der Waals surface area contributed by atoms with E-state index in [1.165, 1.54) is 0 Å². The maximum absolute atomic E-state index is 10.5. The van der Waals surface area contributed by atoms with Gasteiger partial charge in [0.2, 0.25) is 5.95 Å². The zero-order valence-corrected chi connectivity index (χ0v) is 13.4. The number of aliphatic hydroxyl groups excluding tert-OH is 2. The molecule has 0 unspecified atom stereocenters. The molecule has 0 aliphatic heterocycles. The highest BCUT2D eigenvalue weighted by atomic mass is 16.3. The molecule has 24 heavy (non-hydrogen) atoms. The van der Waals surface area contributed by atoms with Crippen LogP contribution in [-0.2, 0) is 0 Å². The third-order valence-corrected chi connectivity index (χ3v) is 5.25. The number of hydrogen-bond donors (Lipinski definition) is 5. The van der Waals surface area contributed by atoms with Crippen LogP contribution in [0, 0.1) is 5.92 Å². The molecule has 0 aromatic carbocycles. The standard InChI is InChI=1S/C15H22N6O3/c1-15(24)7(5-22)4-9(11(15)23)21-6-17-10-12(18-8-2-3-8)19-14(16)20-13(10)21/h6-9,11,22-24H,2-5H2,1H3,(H3,16,18,19,20)/t7-,9-,11+,15-/m1/s1. The molecular weight excluding hydrogens is 312 g/mol. The quantitative estimate of drug-likeness (QED) is 0.510. The lowest BCUT2D eigenvalue weighted by Crippen LogP contribution is -2.43. The average molecular weight is 334 g/mol. The van der Waals surface area contributed by atoms with Crippen molar-refractivity contribution in [2.24, 2.45) is 5.92 Å². The molecule has 4 rings (SSSR count). The summed E-state index contributed by atoms with van der Waals surface area (Å²) in [4.78, 5) is 12.9. The summed E-state index contributed by atoms with van der Waals surface area (Å²) >= 11 is 0. The number of nitrogens with one attached hydrogen (secondary N) is 1. The Labute approximate surface area is 138 Å². The number of aromatic nitrogens is 4. The molecule has 0 bridgehead atoms. The number of nitrogens with zero attached hydrogens (tertiary/aromatic N) is 4. The maximum Gasteiger partial charge on any atom is 0.224 e. The summed E-state index contributed by atoms with van der Waals surface area (Å²) in [6, 6.07) is -0.0468. The smallest absolute Gasteiger partial charge is 0.224 e. The van der Waals surface area contributed by atoms with Gasteiger partial charge in [-0.15, -0.1) is 0 Å². The first-order chi connectivity index (χ1) is 11.4. The van der Waals surface area contributed by atoms with Crippen LogP contribution in [0.4, 0.5) is 11.8 Å². The molecule has 6 N–H and O–H groups in total. The van der Waals surface area contributed by atoms with Crippen LogP contribution < -0.4 is 11.1 Å². The van der Waals surface area contributed by atoms with Crippen LogP contribution in [0.1, 0.15) is 32.2 Å². The van der Waals surface area contributed by atoms with Gasteiger partial charge in [-0.1, -0.05) is 0 Å².